The highest BCUT2D eigenvalue weighted by Crippen LogP contribution is 2.49. The maximum atomic E-state index is 11.8. The number of ether oxygens (including phenoxy) is 2. The van der Waals surface area contributed by atoms with E-state index in [9.17, 15) is 4.79 Å². The minimum Gasteiger partial charge on any atom is -0.462 e. The van der Waals surface area contributed by atoms with Crippen LogP contribution in [-0.2, 0) is 9.47 Å². The molecule has 0 saturated carbocycles. The Hall–Kier alpha value is -2.46. The number of hydrogen-bond acceptors (Lipinski definition) is 4. The Bertz CT molecular complexity index is 808. The molecule has 0 saturated heterocycles. The van der Waals surface area contributed by atoms with E-state index in [1.165, 1.54) is 5.56 Å². The highest BCUT2D eigenvalue weighted by molar-refractivity contribution is 5.90. The minimum atomic E-state index is -0.299. The largest absolute Gasteiger partial charge is 0.462 e. The van der Waals surface area contributed by atoms with Crippen LogP contribution in [0.3, 0.4) is 0 Å². The number of benzene rings is 1. The fourth-order valence-corrected chi connectivity index (χ4v) is 3.23. The lowest BCUT2D eigenvalue weighted by molar-refractivity contribution is 0.0526. The fraction of sp³-hybridized carbons (Fsp3) is 0.263. The summed E-state index contributed by atoms with van der Waals surface area (Å²) in [5, 5.41) is 0. The number of carbonyl (C=O) groups excluding carboxylic acids is 1. The van der Waals surface area contributed by atoms with Crippen molar-refractivity contribution in [1.29, 1.82) is 0 Å². The second-order valence-electron chi connectivity index (χ2n) is 5.78. The number of aryl methyl sites for hydroxylation is 1. The van der Waals surface area contributed by atoms with Gasteiger partial charge in [-0.2, -0.15) is 0 Å². The number of pyridine rings is 1. The molecule has 4 heteroatoms. The summed E-state index contributed by atoms with van der Waals surface area (Å²) in [6.07, 6.45) is 4.22. The molecule has 2 atom stereocenters. The third-order valence-corrected chi connectivity index (χ3v) is 4.23. The van der Waals surface area contributed by atoms with Crippen molar-refractivity contribution in [2.24, 2.45) is 0 Å². The number of aromatic nitrogens is 1. The topological polar surface area (TPSA) is 48.4 Å². The molecule has 4 rings (SSSR count). The number of nitrogens with zero attached hydrogens (tertiary/aromatic N) is 1. The van der Waals surface area contributed by atoms with Crippen LogP contribution in [0.4, 0.5) is 0 Å². The molecule has 2 aliphatic heterocycles. The Balaban J connectivity index is 1.75. The van der Waals surface area contributed by atoms with Gasteiger partial charge in [-0.25, -0.2) is 4.79 Å². The molecule has 2 aromatic rings. The predicted molar refractivity (Wildman–Crippen MR) is 86.1 cm³/mol. The second kappa shape index (κ2) is 5.32. The van der Waals surface area contributed by atoms with Crippen molar-refractivity contribution in [1.82, 2.24) is 4.98 Å². The number of hydrogen-bond donors (Lipinski definition) is 0. The Morgan fingerprint density at radius 2 is 1.96 bits per heavy atom. The van der Waals surface area contributed by atoms with Crippen molar-refractivity contribution in [3.05, 3.63) is 64.9 Å². The van der Waals surface area contributed by atoms with Crippen molar-refractivity contribution in [2.45, 2.75) is 26.1 Å². The van der Waals surface area contributed by atoms with Crippen LogP contribution < -0.4 is 0 Å². The second-order valence-corrected chi connectivity index (χ2v) is 5.78. The lowest BCUT2D eigenvalue weighted by Gasteiger charge is -2.14. The Morgan fingerprint density at radius 1 is 1.22 bits per heavy atom. The zero-order valence-corrected chi connectivity index (χ0v) is 13.1. The summed E-state index contributed by atoms with van der Waals surface area (Å²) >= 11 is 0. The summed E-state index contributed by atoms with van der Waals surface area (Å²) in [5.41, 5.74) is 5.80. The predicted octanol–water partition coefficient (Wildman–Crippen LogP) is 3.92. The molecule has 2 bridgehead atoms. The standard InChI is InChI=1S/C19H17NO3/c1-3-22-19(21)13-6-4-12(5-7-13)18-17-14(10-11(2)20-18)15-8-9-16(17)23-15/h4-10,15-16H,3H2,1-2H3. The average Bonchev–Trinajstić information content (AvgIpc) is 3.16. The first-order valence-electron chi connectivity index (χ1n) is 7.80. The van der Waals surface area contributed by atoms with Crippen molar-refractivity contribution in [2.75, 3.05) is 6.61 Å². The molecular weight excluding hydrogens is 290 g/mol. The molecule has 0 N–H and O–H groups in total. The molecule has 0 aliphatic carbocycles. The number of fused-ring (bicyclic) bond motifs is 5. The van der Waals surface area contributed by atoms with Gasteiger partial charge in [0.2, 0.25) is 0 Å². The van der Waals surface area contributed by atoms with E-state index in [2.05, 4.69) is 18.2 Å². The van der Waals surface area contributed by atoms with Crippen molar-refractivity contribution in [3.63, 3.8) is 0 Å². The van der Waals surface area contributed by atoms with E-state index < -0.39 is 0 Å². The van der Waals surface area contributed by atoms with Gasteiger partial charge in [0.25, 0.3) is 0 Å². The number of carbonyl (C=O) groups is 1. The van der Waals surface area contributed by atoms with Crippen molar-refractivity contribution in [3.8, 4) is 11.3 Å². The quantitative estimate of drug-likeness (QED) is 0.637. The molecule has 116 valence electrons. The first kappa shape index (κ1) is 14.2. The molecule has 0 amide bonds. The van der Waals surface area contributed by atoms with Crippen LogP contribution in [0.5, 0.6) is 0 Å². The monoisotopic (exact) mass is 307 g/mol. The van der Waals surface area contributed by atoms with E-state index in [1.807, 2.05) is 19.1 Å². The van der Waals surface area contributed by atoms with Gasteiger partial charge in [0.05, 0.1) is 17.9 Å². The summed E-state index contributed by atoms with van der Waals surface area (Å²) in [6.45, 7) is 4.17. The van der Waals surface area contributed by atoms with Crippen molar-refractivity contribution < 1.29 is 14.3 Å². The summed E-state index contributed by atoms with van der Waals surface area (Å²) in [5.74, 6) is -0.299. The Labute approximate surface area is 134 Å². The van der Waals surface area contributed by atoms with Crippen LogP contribution in [0, 0.1) is 6.92 Å². The molecule has 1 aromatic heterocycles. The van der Waals surface area contributed by atoms with E-state index in [0.29, 0.717) is 12.2 Å². The highest BCUT2D eigenvalue weighted by atomic mass is 16.5. The van der Waals surface area contributed by atoms with E-state index in [1.54, 1.807) is 19.1 Å². The van der Waals surface area contributed by atoms with Crippen LogP contribution in [0.2, 0.25) is 0 Å². The van der Waals surface area contributed by atoms with E-state index in [0.717, 1.165) is 22.5 Å². The fourth-order valence-electron chi connectivity index (χ4n) is 3.23. The minimum absolute atomic E-state index is 0.0113. The molecule has 2 unspecified atom stereocenters. The van der Waals surface area contributed by atoms with Crippen LogP contribution in [-0.4, -0.2) is 17.6 Å². The Morgan fingerprint density at radius 3 is 2.70 bits per heavy atom. The maximum Gasteiger partial charge on any atom is 0.338 e. The molecule has 2 aliphatic rings. The van der Waals surface area contributed by atoms with Gasteiger partial charge in [-0.05, 0) is 37.6 Å². The van der Waals surface area contributed by atoms with E-state index >= 15 is 0 Å². The lowest BCUT2D eigenvalue weighted by atomic mass is 9.92. The summed E-state index contributed by atoms with van der Waals surface area (Å²) in [7, 11) is 0. The van der Waals surface area contributed by atoms with Crippen LogP contribution in [0.15, 0.2) is 42.5 Å². The third-order valence-electron chi connectivity index (χ3n) is 4.23. The van der Waals surface area contributed by atoms with Gasteiger partial charge < -0.3 is 9.47 Å². The maximum absolute atomic E-state index is 11.8. The molecule has 1 aromatic carbocycles. The highest BCUT2D eigenvalue weighted by Gasteiger charge is 2.36. The first-order valence-corrected chi connectivity index (χ1v) is 7.80. The van der Waals surface area contributed by atoms with E-state index in [4.69, 9.17) is 14.5 Å². The molecule has 0 fully saturated rings. The molecule has 23 heavy (non-hydrogen) atoms. The Kier molecular flexibility index (Phi) is 3.27. The number of rotatable bonds is 3. The van der Waals surface area contributed by atoms with Gasteiger partial charge in [0.15, 0.2) is 0 Å². The van der Waals surface area contributed by atoms with Crippen LogP contribution in [0.25, 0.3) is 11.3 Å². The van der Waals surface area contributed by atoms with Gasteiger partial charge >= 0.3 is 5.97 Å². The molecule has 0 spiro atoms. The summed E-state index contributed by atoms with van der Waals surface area (Å²) in [4.78, 5) is 16.5. The van der Waals surface area contributed by atoms with Gasteiger partial charge in [-0.3, -0.25) is 4.98 Å². The van der Waals surface area contributed by atoms with Crippen molar-refractivity contribution >= 4 is 5.97 Å². The lowest BCUT2D eigenvalue weighted by Crippen LogP contribution is -2.05. The number of esters is 1. The average molecular weight is 307 g/mol. The SMILES string of the molecule is CCOC(=O)c1ccc(-c2nc(C)cc3c2C2C=CC3O2)cc1. The first-order chi connectivity index (χ1) is 11.2. The van der Waals surface area contributed by atoms with Crippen LogP contribution >= 0.6 is 0 Å². The molecular formula is C19H17NO3. The van der Waals surface area contributed by atoms with Gasteiger partial charge in [-0.1, -0.05) is 24.3 Å². The van der Waals surface area contributed by atoms with E-state index in [-0.39, 0.29) is 18.2 Å². The van der Waals surface area contributed by atoms with Gasteiger partial charge in [0.1, 0.15) is 12.2 Å². The summed E-state index contributed by atoms with van der Waals surface area (Å²) in [6, 6.07) is 9.51. The molecule has 3 heterocycles. The normalized spacial score (nSPS) is 20.6. The van der Waals surface area contributed by atoms with Gasteiger partial charge in [-0.15, -0.1) is 0 Å². The molecule has 0 radical (unpaired) electrons. The zero-order valence-electron chi connectivity index (χ0n) is 13.1. The smallest absolute Gasteiger partial charge is 0.338 e. The van der Waals surface area contributed by atoms with Gasteiger partial charge in [0, 0.05) is 16.8 Å². The molecule has 4 nitrogen and oxygen atoms in total. The zero-order chi connectivity index (χ0) is 16.0. The summed E-state index contributed by atoms with van der Waals surface area (Å²) < 4.78 is 11.0. The van der Waals surface area contributed by atoms with Crippen LogP contribution in [0.1, 0.15) is 46.3 Å². The third kappa shape index (κ3) is 2.26.